The Balaban J connectivity index is 1.70. The minimum atomic E-state index is -0.00985. The first-order valence-electron chi connectivity index (χ1n) is 8.28. The number of fused-ring (bicyclic) bond motifs is 2. The lowest BCUT2D eigenvalue weighted by Gasteiger charge is -2.18. The molecule has 0 amide bonds. The molecule has 1 aromatic heterocycles. The SMILES string of the molecule is O=C1c2ccccc2-c2onc3c(Br)cc(NCc4ccccc4)c1c23. The van der Waals surface area contributed by atoms with Gasteiger partial charge in [0.05, 0.1) is 10.9 Å². The second-order valence-electron chi connectivity index (χ2n) is 6.23. The number of hydrogen-bond acceptors (Lipinski definition) is 4. The van der Waals surface area contributed by atoms with E-state index < -0.39 is 0 Å². The zero-order valence-corrected chi connectivity index (χ0v) is 15.2. The van der Waals surface area contributed by atoms with Crippen molar-refractivity contribution in [2.24, 2.45) is 0 Å². The first-order chi connectivity index (χ1) is 12.7. The van der Waals surface area contributed by atoms with Gasteiger partial charge in [0.25, 0.3) is 0 Å². The molecule has 1 heterocycles. The fourth-order valence-electron chi connectivity index (χ4n) is 3.45. The highest BCUT2D eigenvalue weighted by Crippen LogP contribution is 2.44. The Bertz CT molecular complexity index is 1170. The van der Waals surface area contributed by atoms with Crippen molar-refractivity contribution < 1.29 is 9.32 Å². The van der Waals surface area contributed by atoms with Crippen molar-refractivity contribution in [2.75, 3.05) is 5.32 Å². The van der Waals surface area contributed by atoms with E-state index in [-0.39, 0.29) is 5.78 Å². The van der Waals surface area contributed by atoms with Gasteiger partial charge in [0, 0.05) is 27.8 Å². The normalized spacial score (nSPS) is 12.3. The summed E-state index contributed by atoms with van der Waals surface area (Å²) in [4.78, 5) is 13.2. The molecule has 0 fully saturated rings. The van der Waals surface area contributed by atoms with Crippen LogP contribution in [0.15, 0.2) is 69.7 Å². The summed E-state index contributed by atoms with van der Waals surface area (Å²) < 4.78 is 6.41. The van der Waals surface area contributed by atoms with Crippen molar-refractivity contribution in [1.82, 2.24) is 5.16 Å². The van der Waals surface area contributed by atoms with Crippen molar-refractivity contribution in [1.29, 1.82) is 0 Å². The molecule has 0 atom stereocenters. The minimum Gasteiger partial charge on any atom is -0.380 e. The molecule has 3 aromatic carbocycles. The molecule has 1 N–H and O–H groups in total. The Labute approximate surface area is 157 Å². The lowest BCUT2D eigenvalue weighted by molar-refractivity contribution is 0.104. The molecule has 0 bridgehead atoms. The van der Waals surface area contributed by atoms with Crippen LogP contribution in [0.4, 0.5) is 5.69 Å². The standard InChI is InChI=1S/C21H13BrN2O2/c22-15-10-16(23-11-12-6-2-1-3-7-12)17-18-19(15)24-26-21(18)14-9-5-4-8-13(14)20(17)25/h1-10,23H,11H2. The number of anilines is 1. The van der Waals surface area contributed by atoms with Crippen molar-refractivity contribution in [2.45, 2.75) is 6.54 Å². The molecule has 0 aliphatic heterocycles. The van der Waals surface area contributed by atoms with Crippen molar-refractivity contribution in [3.05, 3.63) is 81.8 Å². The zero-order chi connectivity index (χ0) is 17.7. The highest BCUT2D eigenvalue weighted by atomic mass is 79.9. The van der Waals surface area contributed by atoms with Crippen LogP contribution in [0, 0.1) is 0 Å². The van der Waals surface area contributed by atoms with E-state index >= 15 is 0 Å². The Kier molecular flexibility index (Phi) is 3.43. The van der Waals surface area contributed by atoms with Gasteiger partial charge >= 0.3 is 0 Å². The second kappa shape index (κ2) is 5.81. The van der Waals surface area contributed by atoms with Gasteiger partial charge in [-0.25, -0.2) is 0 Å². The summed E-state index contributed by atoms with van der Waals surface area (Å²) in [5, 5.41) is 8.35. The van der Waals surface area contributed by atoms with Crippen LogP contribution in [-0.2, 0) is 6.54 Å². The molecule has 1 aliphatic carbocycles. The molecule has 0 saturated carbocycles. The number of aromatic nitrogens is 1. The average Bonchev–Trinajstić information content (AvgIpc) is 3.12. The fraction of sp³-hybridized carbons (Fsp3) is 0.0476. The van der Waals surface area contributed by atoms with Crippen LogP contribution < -0.4 is 5.32 Å². The molecule has 4 nitrogen and oxygen atoms in total. The third kappa shape index (κ3) is 2.21. The van der Waals surface area contributed by atoms with E-state index in [0.29, 0.717) is 28.9 Å². The Hall–Kier alpha value is -2.92. The highest BCUT2D eigenvalue weighted by molar-refractivity contribution is 9.10. The van der Waals surface area contributed by atoms with Crippen LogP contribution in [0.2, 0.25) is 0 Å². The van der Waals surface area contributed by atoms with Gasteiger partial charge in [0.1, 0.15) is 5.52 Å². The van der Waals surface area contributed by atoms with E-state index in [9.17, 15) is 4.79 Å². The van der Waals surface area contributed by atoms with E-state index in [1.807, 2.05) is 60.7 Å². The predicted octanol–water partition coefficient (Wildman–Crippen LogP) is 5.41. The predicted molar refractivity (Wildman–Crippen MR) is 104 cm³/mol. The van der Waals surface area contributed by atoms with Crippen LogP contribution in [0.3, 0.4) is 0 Å². The summed E-state index contributed by atoms with van der Waals surface area (Å²) in [7, 11) is 0. The molecule has 5 rings (SSSR count). The molecule has 0 unspecified atom stereocenters. The number of carbonyl (C=O) groups excluding carboxylic acids is 1. The lowest BCUT2D eigenvalue weighted by atomic mass is 9.87. The zero-order valence-electron chi connectivity index (χ0n) is 13.6. The molecule has 5 heteroatoms. The van der Waals surface area contributed by atoms with Gasteiger partial charge in [-0.15, -0.1) is 0 Å². The maximum absolute atomic E-state index is 13.2. The van der Waals surface area contributed by atoms with Crippen LogP contribution in [-0.4, -0.2) is 10.9 Å². The van der Waals surface area contributed by atoms with Crippen LogP contribution in [0.25, 0.3) is 22.2 Å². The number of nitrogens with one attached hydrogen (secondary N) is 1. The molecule has 0 radical (unpaired) electrons. The first kappa shape index (κ1) is 15.3. The Morgan fingerprint density at radius 1 is 1.00 bits per heavy atom. The summed E-state index contributed by atoms with van der Waals surface area (Å²) in [6.07, 6.45) is 0. The van der Waals surface area contributed by atoms with E-state index in [0.717, 1.165) is 26.7 Å². The number of benzene rings is 3. The van der Waals surface area contributed by atoms with E-state index in [4.69, 9.17) is 4.52 Å². The van der Waals surface area contributed by atoms with E-state index in [1.54, 1.807) is 0 Å². The summed E-state index contributed by atoms with van der Waals surface area (Å²) >= 11 is 3.56. The third-order valence-corrected chi connectivity index (χ3v) is 5.28. The lowest BCUT2D eigenvalue weighted by Crippen LogP contribution is -2.13. The molecule has 0 saturated heterocycles. The van der Waals surface area contributed by atoms with Gasteiger partial charge in [-0.3, -0.25) is 4.79 Å². The van der Waals surface area contributed by atoms with Crippen molar-refractivity contribution >= 4 is 38.3 Å². The van der Waals surface area contributed by atoms with Crippen molar-refractivity contribution in [3.63, 3.8) is 0 Å². The molecule has 4 aromatic rings. The molecule has 26 heavy (non-hydrogen) atoms. The van der Waals surface area contributed by atoms with E-state index in [2.05, 4.69) is 26.4 Å². The Morgan fingerprint density at radius 2 is 1.73 bits per heavy atom. The number of halogens is 1. The first-order valence-corrected chi connectivity index (χ1v) is 9.07. The number of ketones is 1. The maximum atomic E-state index is 13.2. The largest absolute Gasteiger partial charge is 0.380 e. The fourth-order valence-corrected chi connectivity index (χ4v) is 3.95. The number of hydrogen-bond donors (Lipinski definition) is 1. The molecule has 1 aliphatic rings. The topological polar surface area (TPSA) is 55.1 Å². The van der Waals surface area contributed by atoms with Gasteiger partial charge in [-0.1, -0.05) is 59.8 Å². The Morgan fingerprint density at radius 3 is 2.54 bits per heavy atom. The van der Waals surface area contributed by atoms with Gasteiger partial charge in [0.15, 0.2) is 11.5 Å². The minimum absolute atomic E-state index is 0.00985. The summed E-state index contributed by atoms with van der Waals surface area (Å²) in [5.74, 6) is 0.638. The molecular weight excluding hydrogens is 392 g/mol. The van der Waals surface area contributed by atoms with Crippen molar-refractivity contribution in [3.8, 4) is 11.3 Å². The van der Waals surface area contributed by atoms with E-state index in [1.165, 1.54) is 0 Å². The summed E-state index contributed by atoms with van der Waals surface area (Å²) in [6.45, 7) is 0.626. The number of nitrogens with zero attached hydrogens (tertiary/aromatic N) is 1. The molecule has 126 valence electrons. The smallest absolute Gasteiger partial charge is 0.196 e. The maximum Gasteiger partial charge on any atom is 0.196 e. The average molecular weight is 405 g/mol. The van der Waals surface area contributed by atoms with Gasteiger partial charge in [-0.05, 0) is 27.6 Å². The number of rotatable bonds is 3. The summed E-state index contributed by atoms with van der Waals surface area (Å²) in [6, 6.07) is 19.5. The molecule has 0 spiro atoms. The highest BCUT2D eigenvalue weighted by Gasteiger charge is 2.32. The van der Waals surface area contributed by atoms with Gasteiger partial charge in [-0.2, -0.15) is 0 Å². The van der Waals surface area contributed by atoms with Gasteiger partial charge in [0.2, 0.25) is 0 Å². The van der Waals surface area contributed by atoms with Crippen LogP contribution in [0.5, 0.6) is 0 Å². The second-order valence-corrected chi connectivity index (χ2v) is 7.08. The summed E-state index contributed by atoms with van der Waals surface area (Å²) in [5.41, 5.74) is 4.64. The van der Waals surface area contributed by atoms with Crippen LogP contribution in [0.1, 0.15) is 21.5 Å². The monoisotopic (exact) mass is 404 g/mol. The van der Waals surface area contributed by atoms with Gasteiger partial charge < -0.3 is 9.84 Å². The quantitative estimate of drug-likeness (QED) is 0.436. The van der Waals surface area contributed by atoms with Crippen LogP contribution >= 0.6 is 15.9 Å². The third-order valence-electron chi connectivity index (χ3n) is 4.68. The number of carbonyl (C=O) groups is 1. The molecular formula is C21H13BrN2O2.